The normalized spacial score (nSPS) is 57.4. The van der Waals surface area contributed by atoms with Crippen molar-refractivity contribution in [1.29, 1.82) is 0 Å². The van der Waals surface area contributed by atoms with Gasteiger partial charge >= 0.3 is 5.97 Å². The molecule has 0 radical (unpaired) electrons. The van der Waals surface area contributed by atoms with Crippen LogP contribution in [0, 0.1) is 0 Å². The van der Waals surface area contributed by atoms with Crippen LogP contribution in [-0.4, -0.2) is 59.7 Å². The van der Waals surface area contributed by atoms with Crippen LogP contribution in [0.5, 0.6) is 0 Å². The molecule has 1 heterocycles. The Hall–Kier alpha value is -0.730. The monoisotopic (exact) mass is 264 g/mol. The Balaban J connectivity index is 3.57. The van der Waals surface area contributed by atoms with Gasteiger partial charge in [-0.1, -0.05) is 0 Å². The van der Waals surface area contributed by atoms with Crippen molar-refractivity contribution in [2.24, 2.45) is 0 Å². The molecule has 0 spiro atoms. The zero-order valence-corrected chi connectivity index (χ0v) is 11.1. The van der Waals surface area contributed by atoms with Crippen LogP contribution in [0.1, 0.15) is 34.6 Å². The second kappa shape index (κ2) is 3.43. The average molecular weight is 264 g/mol. The molecule has 1 aliphatic rings. The Labute approximate surface area is 105 Å². The molecule has 106 valence electrons. The molecule has 2 unspecified atom stereocenters. The van der Waals surface area contributed by atoms with E-state index in [9.17, 15) is 30.3 Å². The van der Waals surface area contributed by atoms with Gasteiger partial charge in [0.2, 0.25) is 0 Å². The van der Waals surface area contributed by atoms with Crippen LogP contribution in [0.2, 0.25) is 0 Å². The summed E-state index contributed by atoms with van der Waals surface area (Å²) in [4.78, 5) is 11.3. The van der Waals surface area contributed by atoms with Gasteiger partial charge in [-0.25, -0.2) is 4.79 Å². The van der Waals surface area contributed by atoms with Gasteiger partial charge in [0.25, 0.3) is 0 Å². The van der Waals surface area contributed by atoms with E-state index in [2.05, 4.69) is 0 Å². The van der Waals surface area contributed by atoms with Gasteiger partial charge in [-0.2, -0.15) is 0 Å². The molecule has 5 atom stereocenters. The van der Waals surface area contributed by atoms with Gasteiger partial charge in [0.15, 0.2) is 11.4 Å². The molecule has 5 N–H and O–H groups in total. The van der Waals surface area contributed by atoms with Gasteiger partial charge in [-0.15, -0.1) is 0 Å². The maximum Gasteiger partial charge on any atom is 0.338 e. The lowest BCUT2D eigenvalue weighted by Crippen LogP contribution is -2.85. The van der Waals surface area contributed by atoms with E-state index in [1.165, 1.54) is 0 Å². The summed E-state index contributed by atoms with van der Waals surface area (Å²) in [5.74, 6) is -3.92. The molecule has 0 amide bonds. The smallest absolute Gasteiger partial charge is 0.338 e. The third-order valence-corrected chi connectivity index (χ3v) is 4.54. The first-order valence-corrected chi connectivity index (χ1v) is 5.48. The highest BCUT2D eigenvalue weighted by Gasteiger charge is 2.76. The third kappa shape index (κ3) is 1.39. The number of aliphatic hydroxyl groups is 4. The number of ether oxygens (including phenoxy) is 1. The highest BCUT2D eigenvalue weighted by atomic mass is 16.7. The van der Waals surface area contributed by atoms with Crippen LogP contribution in [0.25, 0.3) is 0 Å². The first-order chi connectivity index (χ1) is 7.65. The van der Waals surface area contributed by atoms with Gasteiger partial charge in [0.1, 0.15) is 16.8 Å². The number of hydrogen-bond acceptors (Lipinski definition) is 6. The zero-order chi connectivity index (χ0) is 14.8. The van der Waals surface area contributed by atoms with E-state index < -0.39 is 34.2 Å². The van der Waals surface area contributed by atoms with Crippen LogP contribution in [0.4, 0.5) is 0 Å². The molecule has 1 fully saturated rings. The molecular formula is C11H20O7. The van der Waals surface area contributed by atoms with E-state index in [4.69, 9.17) is 4.74 Å². The van der Waals surface area contributed by atoms with Crippen molar-refractivity contribution in [1.82, 2.24) is 0 Å². The van der Waals surface area contributed by atoms with Crippen LogP contribution < -0.4 is 0 Å². The molecule has 1 aliphatic heterocycles. The van der Waals surface area contributed by atoms with Crippen LogP contribution in [0.3, 0.4) is 0 Å². The van der Waals surface area contributed by atoms with Gasteiger partial charge in [-0.05, 0) is 34.6 Å². The lowest BCUT2D eigenvalue weighted by Gasteiger charge is -2.62. The van der Waals surface area contributed by atoms with Crippen molar-refractivity contribution in [3.8, 4) is 0 Å². The van der Waals surface area contributed by atoms with E-state index in [0.29, 0.717) is 0 Å². The van der Waals surface area contributed by atoms with Crippen LogP contribution in [-0.2, 0) is 9.53 Å². The van der Waals surface area contributed by atoms with Crippen molar-refractivity contribution in [3.63, 3.8) is 0 Å². The SMILES string of the molecule is CC1(O)[C@](C)(O)[C@](C)(O)C(C)(C(=O)O)O[C@@]1(C)O. The number of carboxylic acids is 1. The van der Waals surface area contributed by atoms with Crippen molar-refractivity contribution in [2.75, 3.05) is 0 Å². The summed E-state index contributed by atoms with van der Waals surface area (Å²) < 4.78 is 4.98. The largest absolute Gasteiger partial charge is 0.479 e. The molecular weight excluding hydrogens is 244 g/mol. The third-order valence-electron chi connectivity index (χ3n) is 4.54. The first-order valence-electron chi connectivity index (χ1n) is 5.48. The molecule has 0 aromatic heterocycles. The topological polar surface area (TPSA) is 127 Å². The average Bonchev–Trinajstić information content (AvgIpc) is 2.13. The highest BCUT2D eigenvalue weighted by molar-refractivity contribution is 5.79. The molecule has 7 nitrogen and oxygen atoms in total. The van der Waals surface area contributed by atoms with E-state index in [-0.39, 0.29) is 0 Å². The molecule has 0 aromatic rings. The fraction of sp³-hybridized carbons (Fsp3) is 0.909. The molecule has 1 saturated heterocycles. The predicted octanol–water partition coefficient (Wildman–Crippen LogP) is -1.18. The Bertz CT molecular complexity index is 383. The highest BCUT2D eigenvalue weighted by Crippen LogP contribution is 2.52. The maximum atomic E-state index is 11.3. The van der Waals surface area contributed by atoms with Crippen molar-refractivity contribution < 1.29 is 35.1 Å². The first kappa shape index (κ1) is 15.3. The lowest BCUT2D eigenvalue weighted by atomic mass is 9.61. The van der Waals surface area contributed by atoms with Crippen molar-refractivity contribution in [2.45, 2.75) is 62.8 Å². The number of rotatable bonds is 1. The summed E-state index contributed by atoms with van der Waals surface area (Å²) in [7, 11) is 0. The van der Waals surface area contributed by atoms with Crippen LogP contribution in [0.15, 0.2) is 0 Å². The Morgan fingerprint density at radius 3 is 1.56 bits per heavy atom. The summed E-state index contributed by atoms with van der Waals surface area (Å²) >= 11 is 0. The fourth-order valence-electron chi connectivity index (χ4n) is 2.24. The fourth-order valence-corrected chi connectivity index (χ4v) is 2.24. The summed E-state index contributed by atoms with van der Waals surface area (Å²) in [6.45, 7) is 5.18. The van der Waals surface area contributed by atoms with Gasteiger partial charge in [0, 0.05) is 0 Å². The minimum atomic E-state index is -2.36. The standard InChI is InChI=1S/C11H20O7/c1-7(6(12)13)8(2,14)9(3,15)10(4,16)11(5,17)18-7/h14-17H,1-5H3,(H,12,13)/t7?,8-,9-,10?,11-/m1/s1. The molecule has 1 rings (SSSR count). The number of carbonyl (C=O) groups is 1. The van der Waals surface area contributed by atoms with E-state index in [1.54, 1.807) is 0 Å². The Morgan fingerprint density at radius 1 is 0.833 bits per heavy atom. The summed E-state index contributed by atoms with van der Waals surface area (Å²) in [6, 6.07) is 0. The number of aliphatic carboxylic acids is 1. The quantitative estimate of drug-likeness (QED) is 0.403. The minimum absolute atomic E-state index is 1.02. The summed E-state index contributed by atoms with van der Waals surface area (Å²) in [5, 5.41) is 50.1. The molecule has 18 heavy (non-hydrogen) atoms. The summed E-state index contributed by atoms with van der Waals surface area (Å²) in [5.41, 5.74) is -9.23. The van der Waals surface area contributed by atoms with E-state index in [0.717, 1.165) is 34.6 Å². The predicted molar refractivity (Wildman–Crippen MR) is 59.6 cm³/mol. The van der Waals surface area contributed by atoms with Crippen LogP contribution >= 0.6 is 0 Å². The molecule has 0 aromatic carbocycles. The zero-order valence-electron chi connectivity index (χ0n) is 11.1. The minimum Gasteiger partial charge on any atom is -0.479 e. The molecule has 0 bridgehead atoms. The lowest BCUT2D eigenvalue weighted by molar-refractivity contribution is -0.438. The molecule has 7 heteroatoms. The molecule has 0 aliphatic carbocycles. The van der Waals surface area contributed by atoms with E-state index in [1.807, 2.05) is 0 Å². The van der Waals surface area contributed by atoms with Crippen molar-refractivity contribution in [3.05, 3.63) is 0 Å². The Morgan fingerprint density at radius 2 is 1.22 bits per heavy atom. The second-order valence-corrected chi connectivity index (χ2v) is 5.64. The molecule has 0 saturated carbocycles. The summed E-state index contributed by atoms with van der Waals surface area (Å²) in [6.07, 6.45) is 0. The Kier molecular flexibility index (Phi) is 2.92. The van der Waals surface area contributed by atoms with Gasteiger partial charge in [-0.3, -0.25) is 0 Å². The van der Waals surface area contributed by atoms with E-state index >= 15 is 0 Å². The van der Waals surface area contributed by atoms with Crippen molar-refractivity contribution >= 4 is 5.97 Å². The van der Waals surface area contributed by atoms with Gasteiger partial charge < -0.3 is 30.3 Å². The second-order valence-electron chi connectivity index (χ2n) is 5.64. The van der Waals surface area contributed by atoms with Gasteiger partial charge in [0.05, 0.1) is 0 Å². The number of carboxylic acid groups (broad SMARTS) is 1. The number of hydrogen-bond donors (Lipinski definition) is 5. The maximum absolute atomic E-state index is 11.3.